The first-order valence-electron chi connectivity index (χ1n) is 7.70. The van der Waals surface area contributed by atoms with Crippen LogP contribution in [0.5, 0.6) is 0 Å². The Labute approximate surface area is 127 Å². The summed E-state index contributed by atoms with van der Waals surface area (Å²) in [5, 5.41) is 16.9. The van der Waals surface area contributed by atoms with E-state index in [0.717, 1.165) is 17.0 Å². The van der Waals surface area contributed by atoms with E-state index in [2.05, 4.69) is 10.2 Å². The fraction of sp³-hybridized carbons (Fsp3) is 0.733. The summed E-state index contributed by atoms with van der Waals surface area (Å²) in [6.45, 7) is 3.92. The number of carbonyl (C=O) groups excluding carboxylic acids is 1. The van der Waals surface area contributed by atoms with Crippen LogP contribution < -0.4 is 0 Å². The number of hydrogen-bond donors (Lipinski definition) is 2. The molecule has 1 unspecified atom stereocenters. The molecule has 2 heterocycles. The van der Waals surface area contributed by atoms with E-state index >= 15 is 0 Å². The van der Waals surface area contributed by atoms with Gasteiger partial charge in [-0.1, -0.05) is 0 Å². The highest BCUT2D eigenvalue weighted by Crippen LogP contribution is 2.47. The number of H-pyrrole nitrogens is 1. The van der Waals surface area contributed by atoms with Gasteiger partial charge in [0.05, 0.1) is 11.7 Å². The van der Waals surface area contributed by atoms with E-state index in [0.29, 0.717) is 25.8 Å². The Balaban J connectivity index is 1.89. The van der Waals surface area contributed by atoms with Gasteiger partial charge in [0.25, 0.3) is 5.91 Å². The zero-order valence-electron chi connectivity index (χ0n) is 12.8. The molecule has 7 heteroatoms. The number of hydrogen-bond acceptors (Lipinski definition) is 3. The molecule has 1 aromatic heterocycles. The SMILES string of the molecule is Cc1n[nH]c(C)c1C1CCCN1C(=O)C(F)(F)C1(O)CCC1. The minimum Gasteiger partial charge on any atom is -0.383 e. The summed E-state index contributed by atoms with van der Waals surface area (Å²) >= 11 is 0. The molecule has 1 saturated heterocycles. The molecule has 0 bridgehead atoms. The number of carbonyl (C=O) groups is 1. The van der Waals surface area contributed by atoms with Gasteiger partial charge in [-0.2, -0.15) is 13.9 Å². The topological polar surface area (TPSA) is 69.2 Å². The second-order valence-electron chi connectivity index (χ2n) is 6.46. The van der Waals surface area contributed by atoms with Crippen molar-refractivity contribution in [3.05, 3.63) is 17.0 Å². The smallest absolute Gasteiger partial charge is 0.352 e. The number of alkyl halides is 2. The molecule has 5 nitrogen and oxygen atoms in total. The van der Waals surface area contributed by atoms with Crippen LogP contribution in [0.1, 0.15) is 55.1 Å². The Morgan fingerprint density at radius 2 is 2.09 bits per heavy atom. The van der Waals surface area contributed by atoms with Crippen molar-refractivity contribution in [2.45, 2.75) is 63.5 Å². The lowest BCUT2D eigenvalue weighted by atomic mass is 9.75. The van der Waals surface area contributed by atoms with E-state index in [4.69, 9.17) is 0 Å². The molecule has 2 N–H and O–H groups in total. The van der Waals surface area contributed by atoms with E-state index in [1.807, 2.05) is 6.92 Å². The zero-order chi connectivity index (χ0) is 16.1. The van der Waals surface area contributed by atoms with Gasteiger partial charge in [0.15, 0.2) is 0 Å². The summed E-state index contributed by atoms with van der Waals surface area (Å²) in [6, 6.07) is -0.388. The monoisotopic (exact) mass is 313 g/mol. The van der Waals surface area contributed by atoms with Gasteiger partial charge in [0, 0.05) is 17.8 Å². The highest BCUT2D eigenvalue weighted by atomic mass is 19.3. The number of aromatic nitrogens is 2. The maximum atomic E-state index is 14.4. The number of nitrogens with zero attached hydrogens (tertiary/aromatic N) is 2. The molecule has 3 rings (SSSR count). The van der Waals surface area contributed by atoms with Crippen LogP contribution >= 0.6 is 0 Å². The first kappa shape index (κ1) is 15.4. The van der Waals surface area contributed by atoms with Gasteiger partial charge in [0.2, 0.25) is 0 Å². The minimum absolute atomic E-state index is 0.0198. The molecule has 122 valence electrons. The lowest BCUT2D eigenvalue weighted by molar-refractivity contribution is -0.224. The van der Waals surface area contributed by atoms with E-state index in [9.17, 15) is 18.7 Å². The molecule has 0 aromatic carbocycles. The van der Waals surface area contributed by atoms with E-state index in [1.54, 1.807) is 6.92 Å². The van der Waals surface area contributed by atoms with Gasteiger partial charge in [-0.25, -0.2) is 0 Å². The van der Waals surface area contributed by atoms with Crippen molar-refractivity contribution in [3.63, 3.8) is 0 Å². The number of aliphatic hydroxyl groups is 1. The maximum absolute atomic E-state index is 14.4. The molecule has 1 aliphatic carbocycles. The fourth-order valence-corrected chi connectivity index (χ4v) is 3.57. The molecule has 1 aromatic rings. The largest absolute Gasteiger partial charge is 0.383 e. The Kier molecular flexibility index (Phi) is 3.51. The number of halogens is 2. The van der Waals surface area contributed by atoms with Crippen LogP contribution in [0, 0.1) is 13.8 Å². The van der Waals surface area contributed by atoms with Crippen LogP contribution in [0.3, 0.4) is 0 Å². The summed E-state index contributed by atoms with van der Waals surface area (Å²) in [5.74, 6) is -4.98. The number of amides is 1. The van der Waals surface area contributed by atoms with Crippen molar-refractivity contribution < 1.29 is 18.7 Å². The quantitative estimate of drug-likeness (QED) is 0.899. The van der Waals surface area contributed by atoms with Gasteiger partial charge in [-0.05, 0) is 46.0 Å². The maximum Gasteiger partial charge on any atom is 0.352 e. The third-order valence-electron chi connectivity index (χ3n) is 5.07. The van der Waals surface area contributed by atoms with E-state index < -0.39 is 17.4 Å². The number of likely N-dealkylation sites (tertiary alicyclic amines) is 1. The predicted octanol–water partition coefficient (Wildman–Crippen LogP) is 2.24. The standard InChI is InChI=1S/C15H21F2N3O2/c1-9-12(10(2)19-18-9)11-5-3-8-20(11)13(21)15(16,17)14(22)6-4-7-14/h11,22H,3-8H2,1-2H3,(H,18,19). The molecule has 1 amide bonds. The number of nitrogens with one attached hydrogen (secondary N) is 1. The highest BCUT2D eigenvalue weighted by molar-refractivity contribution is 5.86. The van der Waals surface area contributed by atoms with Crippen molar-refractivity contribution in [1.29, 1.82) is 0 Å². The Hall–Kier alpha value is -1.50. The van der Waals surface area contributed by atoms with Gasteiger partial charge in [0.1, 0.15) is 5.60 Å². The van der Waals surface area contributed by atoms with Gasteiger partial charge in [-0.3, -0.25) is 9.89 Å². The normalized spacial score (nSPS) is 24.4. The third kappa shape index (κ3) is 2.06. The second-order valence-corrected chi connectivity index (χ2v) is 6.46. The van der Waals surface area contributed by atoms with Crippen LogP contribution in [0.25, 0.3) is 0 Å². The van der Waals surface area contributed by atoms with Crippen LogP contribution in [0.4, 0.5) is 8.78 Å². The number of rotatable bonds is 3. The lowest BCUT2D eigenvalue weighted by Gasteiger charge is -2.43. The summed E-state index contributed by atoms with van der Waals surface area (Å²) in [7, 11) is 0. The zero-order valence-corrected chi connectivity index (χ0v) is 12.8. The van der Waals surface area contributed by atoms with E-state index in [-0.39, 0.29) is 18.9 Å². The number of aryl methyl sites for hydroxylation is 2. The van der Waals surface area contributed by atoms with E-state index in [1.165, 1.54) is 4.90 Å². The van der Waals surface area contributed by atoms with Crippen molar-refractivity contribution in [3.8, 4) is 0 Å². The molecule has 0 radical (unpaired) electrons. The average molecular weight is 313 g/mol. The molecule has 1 atom stereocenters. The van der Waals surface area contributed by atoms with Crippen molar-refractivity contribution >= 4 is 5.91 Å². The Morgan fingerprint density at radius 1 is 1.41 bits per heavy atom. The van der Waals surface area contributed by atoms with Crippen molar-refractivity contribution in [2.75, 3.05) is 6.54 Å². The molecular weight excluding hydrogens is 292 g/mol. The van der Waals surface area contributed by atoms with Crippen LogP contribution in [-0.4, -0.2) is 44.2 Å². The van der Waals surface area contributed by atoms with Crippen LogP contribution in [0.15, 0.2) is 0 Å². The molecule has 1 aliphatic heterocycles. The molecular formula is C15H21F2N3O2. The second kappa shape index (κ2) is 5.01. The van der Waals surface area contributed by atoms with Crippen molar-refractivity contribution in [2.24, 2.45) is 0 Å². The van der Waals surface area contributed by atoms with Crippen LogP contribution in [-0.2, 0) is 4.79 Å². The van der Waals surface area contributed by atoms with Gasteiger partial charge >= 0.3 is 5.92 Å². The first-order valence-corrected chi connectivity index (χ1v) is 7.70. The molecule has 0 spiro atoms. The molecule has 1 saturated carbocycles. The average Bonchev–Trinajstić information content (AvgIpc) is 3.01. The number of aromatic amines is 1. The third-order valence-corrected chi connectivity index (χ3v) is 5.07. The highest BCUT2D eigenvalue weighted by Gasteiger charge is 2.63. The predicted molar refractivity (Wildman–Crippen MR) is 75.5 cm³/mol. The van der Waals surface area contributed by atoms with Crippen molar-refractivity contribution in [1.82, 2.24) is 15.1 Å². The summed E-state index contributed by atoms with van der Waals surface area (Å²) < 4.78 is 28.9. The van der Waals surface area contributed by atoms with Gasteiger partial charge < -0.3 is 10.0 Å². The molecule has 2 fully saturated rings. The summed E-state index contributed by atoms with van der Waals surface area (Å²) in [5.41, 5.74) is 0.181. The molecule has 22 heavy (non-hydrogen) atoms. The minimum atomic E-state index is -3.72. The van der Waals surface area contributed by atoms with Gasteiger partial charge in [-0.15, -0.1) is 0 Å². The molecule has 2 aliphatic rings. The van der Waals surface area contributed by atoms with Crippen LogP contribution in [0.2, 0.25) is 0 Å². The Bertz CT molecular complexity index is 576. The summed E-state index contributed by atoms with van der Waals surface area (Å²) in [6.07, 6.45) is 1.81. The summed E-state index contributed by atoms with van der Waals surface area (Å²) in [4.78, 5) is 13.6. The Morgan fingerprint density at radius 3 is 2.59 bits per heavy atom. The lowest BCUT2D eigenvalue weighted by Crippen LogP contribution is -2.61. The first-order chi connectivity index (χ1) is 10.3. The fourth-order valence-electron chi connectivity index (χ4n) is 3.57.